The number of aryl methyl sites for hydroxylation is 1. The van der Waals surface area contributed by atoms with Gasteiger partial charge in [0, 0.05) is 11.6 Å². The second-order valence-electron chi connectivity index (χ2n) is 2.49. The van der Waals surface area contributed by atoms with Gasteiger partial charge in [-0.1, -0.05) is 17.7 Å². The van der Waals surface area contributed by atoms with E-state index in [1.54, 1.807) is 24.3 Å². The summed E-state index contributed by atoms with van der Waals surface area (Å²) in [5, 5.41) is 0. The molecule has 0 radical (unpaired) electrons. The van der Waals surface area contributed by atoms with Gasteiger partial charge in [0.15, 0.2) is 0 Å². The maximum atomic E-state index is 11.0. The van der Waals surface area contributed by atoms with Gasteiger partial charge in [0.05, 0.1) is 5.56 Å². The van der Waals surface area contributed by atoms with E-state index in [0.29, 0.717) is 5.56 Å². The van der Waals surface area contributed by atoms with E-state index >= 15 is 0 Å². The third-order valence-electron chi connectivity index (χ3n) is 1.46. The molecular weight excluding hydrogens is 192 g/mol. The van der Waals surface area contributed by atoms with Crippen molar-refractivity contribution in [3.63, 3.8) is 0 Å². The molecular formula is C9H7ClO3. The third-order valence-corrected chi connectivity index (χ3v) is 1.54. The van der Waals surface area contributed by atoms with Gasteiger partial charge in [0.1, 0.15) is 0 Å². The highest BCUT2D eigenvalue weighted by Crippen LogP contribution is 2.05. The quantitative estimate of drug-likeness (QED) is 0.396. The largest absolute Gasteiger partial charge is 0.411 e. The Hall–Kier alpha value is -1.35. The van der Waals surface area contributed by atoms with E-state index < -0.39 is 11.4 Å². The lowest BCUT2D eigenvalue weighted by Crippen LogP contribution is -2.06. The Morgan fingerprint density at radius 2 is 1.77 bits per heavy atom. The molecule has 0 N–H and O–H groups in total. The first kappa shape index (κ1) is 9.74. The molecule has 0 amide bonds. The highest BCUT2D eigenvalue weighted by molar-refractivity contribution is 6.62. The van der Waals surface area contributed by atoms with Gasteiger partial charge in [-0.15, -0.1) is 0 Å². The molecule has 68 valence electrons. The molecule has 0 bridgehead atoms. The first-order chi connectivity index (χ1) is 6.09. The van der Waals surface area contributed by atoms with Crippen molar-refractivity contribution in [2.24, 2.45) is 0 Å². The Morgan fingerprint density at radius 3 is 2.23 bits per heavy atom. The minimum Gasteiger partial charge on any atom is -0.377 e. The number of hydrogen-bond acceptors (Lipinski definition) is 3. The summed E-state index contributed by atoms with van der Waals surface area (Å²) in [6.45, 7) is 1.89. The molecule has 4 heteroatoms. The Labute approximate surface area is 80.3 Å². The molecule has 0 aliphatic carbocycles. The van der Waals surface area contributed by atoms with Crippen molar-refractivity contribution in [2.45, 2.75) is 6.92 Å². The lowest BCUT2D eigenvalue weighted by Gasteiger charge is -1.98. The first-order valence-electron chi connectivity index (χ1n) is 3.58. The summed E-state index contributed by atoms with van der Waals surface area (Å²) in [5.41, 5.74) is 0.207. The normalized spacial score (nSPS) is 9.38. The molecule has 0 aliphatic heterocycles. The van der Waals surface area contributed by atoms with Gasteiger partial charge in [-0.25, -0.2) is 9.59 Å². The first-order valence-corrected chi connectivity index (χ1v) is 3.95. The number of hydrogen-bond donors (Lipinski definition) is 0. The van der Waals surface area contributed by atoms with Gasteiger partial charge in [-0.05, 0) is 19.1 Å². The zero-order valence-corrected chi connectivity index (χ0v) is 7.67. The Bertz CT molecular complexity index is 329. The van der Waals surface area contributed by atoms with E-state index in [0.717, 1.165) is 5.56 Å². The minimum absolute atomic E-state index is 0.305. The molecule has 0 saturated heterocycles. The second kappa shape index (κ2) is 4.05. The minimum atomic E-state index is -1.12. The predicted octanol–water partition coefficient (Wildman–Crippen LogP) is 2.51. The van der Waals surface area contributed by atoms with Crippen LogP contribution in [0.15, 0.2) is 24.3 Å². The average molecular weight is 199 g/mol. The van der Waals surface area contributed by atoms with Crippen LogP contribution in [-0.4, -0.2) is 11.4 Å². The van der Waals surface area contributed by atoms with E-state index in [-0.39, 0.29) is 0 Å². The van der Waals surface area contributed by atoms with Crippen molar-refractivity contribution in [1.29, 1.82) is 0 Å². The van der Waals surface area contributed by atoms with Crippen LogP contribution in [0.5, 0.6) is 0 Å². The van der Waals surface area contributed by atoms with Crippen LogP contribution in [0.3, 0.4) is 0 Å². The molecule has 0 unspecified atom stereocenters. The molecule has 1 rings (SSSR count). The van der Waals surface area contributed by atoms with Crippen LogP contribution in [0.2, 0.25) is 0 Å². The summed E-state index contributed by atoms with van der Waals surface area (Å²) in [6, 6.07) is 6.62. The van der Waals surface area contributed by atoms with Gasteiger partial charge in [0.25, 0.3) is 0 Å². The van der Waals surface area contributed by atoms with E-state index in [2.05, 4.69) is 4.74 Å². The van der Waals surface area contributed by atoms with Crippen LogP contribution in [-0.2, 0) is 4.74 Å². The van der Waals surface area contributed by atoms with Crippen molar-refractivity contribution in [3.05, 3.63) is 35.4 Å². The van der Waals surface area contributed by atoms with Crippen molar-refractivity contribution in [3.8, 4) is 0 Å². The predicted molar refractivity (Wildman–Crippen MR) is 47.8 cm³/mol. The number of ether oxygens (including phenoxy) is 1. The van der Waals surface area contributed by atoms with Crippen molar-refractivity contribution in [2.75, 3.05) is 0 Å². The summed E-state index contributed by atoms with van der Waals surface area (Å²) >= 11 is 4.87. The zero-order valence-electron chi connectivity index (χ0n) is 6.91. The molecule has 1 aromatic rings. The number of carbonyl (C=O) groups is 2. The Morgan fingerprint density at radius 1 is 1.23 bits per heavy atom. The van der Waals surface area contributed by atoms with Crippen molar-refractivity contribution < 1.29 is 14.3 Å². The third kappa shape index (κ3) is 2.87. The average Bonchev–Trinajstić information content (AvgIpc) is 2.04. The van der Waals surface area contributed by atoms with Crippen LogP contribution >= 0.6 is 11.6 Å². The van der Waals surface area contributed by atoms with Crippen LogP contribution in [0.4, 0.5) is 4.79 Å². The summed E-state index contributed by atoms with van der Waals surface area (Å²) in [6.07, 6.45) is 0. The summed E-state index contributed by atoms with van der Waals surface area (Å²) < 4.78 is 4.16. The van der Waals surface area contributed by atoms with Crippen LogP contribution < -0.4 is 0 Å². The molecule has 0 aromatic heterocycles. The molecule has 0 saturated carbocycles. The lowest BCUT2D eigenvalue weighted by molar-refractivity contribution is 0.0662. The monoisotopic (exact) mass is 198 g/mol. The highest BCUT2D eigenvalue weighted by Gasteiger charge is 2.09. The molecule has 0 spiro atoms. The topological polar surface area (TPSA) is 43.4 Å². The number of halogens is 1. The fourth-order valence-electron chi connectivity index (χ4n) is 0.821. The molecule has 0 atom stereocenters. The van der Waals surface area contributed by atoms with Crippen LogP contribution in [0.1, 0.15) is 15.9 Å². The number of rotatable bonds is 1. The smallest absolute Gasteiger partial charge is 0.377 e. The lowest BCUT2D eigenvalue weighted by atomic mass is 10.2. The van der Waals surface area contributed by atoms with E-state index in [9.17, 15) is 9.59 Å². The Balaban J connectivity index is 2.78. The van der Waals surface area contributed by atoms with Crippen LogP contribution in [0, 0.1) is 6.92 Å². The SMILES string of the molecule is Cc1ccc(C(=O)OC(=O)Cl)cc1. The van der Waals surface area contributed by atoms with Crippen molar-refractivity contribution in [1.82, 2.24) is 0 Å². The number of esters is 1. The standard InChI is InChI=1S/C9H7ClO3/c1-6-2-4-7(5-3-6)8(11)13-9(10)12/h2-5H,1H3. The molecule has 13 heavy (non-hydrogen) atoms. The summed E-state index contributed by atoms with van der Waals surface area (Å²) in [5.74, 6) is -0.736. The molecule has 3 nitrogen and oxygen atoms in total. The van der Waals surface area contributed by atoms with Gasteiger partial charge in [0.2, 0.25) is 0 Å². The zero-order chi connectivity index (χ0) is 9.84. The van der Waals surface area contributed by atoms with Gasteiger partial charge in [-0.2, -0.15) is 0 Å². The van der Waals surface area contributed by atoms with E-state index in [1.165, 1.54) is 0 Å². The fourth-order valence-corrected chi connectivity index (χ4v) is 0.892. The summed E-state index contributed by atoms with van der Waals surface area (Å²) in [7, 11) is 0. The van der Waals surface area contributed by atoms with Gasteiger partial charge in [-0.3, -0.25) is 0 Å². The van der Waals surface area contributed by atoms with E-state index in [4.69, 9.17) is 11.6 Å². The maximum Gasteiger partial charge on any atom is 0.411 e. The molecule has 0 fully saturated rings. The number of benzene rings is 1. The second-order valence-corrected chi connectivity index (χ2v) is 2.80. The fraction of sp³-hybridized carbons (Fsp3) is 0.111. The van der Waals surface area contributed by atoms with Gasteiger partial charge >= 0.3 is 11.4 Å². The van der Waals surface area contributed by atoms with E-state index in [1.807, 2.05) is 6.92 Å². The highest BCUT2D eigenvalue weighted by atomic mass is 35.5. The molecule has 0 heterocycles. The Kier molecular flexibility index (Phi) is 3.03. The maximum absolute atomic E-state index is 11.0. The molecule has 0 aliphatic rings. The van der Waals surface area contributed by atoms with Gasteiger partial charge < -0.3 is 4.74 Å². The van der Waals surface area contributed by atoms with Crippen molar-refractivity contribution >= 4 is 23.0 Å². The molecule has 1 aromatic carbocycles. The summed E-state index contributed by atoms with van der Waals surface area (Å²) in [4.78, 5) is 21.3. The van der Waals surface area contributed by atoms with Crippen LogP contribution in [0.25, 0.3) is 0 Å². The number of carbonyl (C=O) groups excluding carboxylic acids is 2.